The Morgan fingerprint density at radius 1 is 1.30 bits per heavy atom. The highest BCUT2D eigenvalue weighted by molar-refractivity contribution is 7.88. The van der Waals surface area contributed by atoms with Crippen molar-refractivity contribution in [2.24, 2.45) is 0 Å². The fourth-order valence-electron chi connectivity index (χ4n) is 2.07. The topological polar surface area (TPSA) is 66.5 Å². The van der Waals surface area contributed by atoms with E-state index in [-0.39, 0.29) is 11.9 Å². The molecule has 110 valence electrons. The zero-order valence-corrected chi connectivity index (χ0v) is 12.6. The Labute approximate surface area is 120 Å². The summed E-state index contributed by atoms with van der Waals surface area (Å²) >= 11 is 0. The number of carbonyl (C=O) groups excluding carboxylic acids is 1. The summed E-state index contributed by atoms with van der Waals surface area (Å²) < 4.78 is 24.7. The molecule has 0 bridgehead atoms. The third-order valence-electron chi connectivity index (χ3n) is 3.31. The van der Waals surface area contributed by atoms with Gasteiger partial charge in [0.25, 0.3) is 5.91 Å². The predicted octanol–water partition coefficient (Wildman–Crippen LogP) is 1.15. The molecular weight excluding hydrogens is 276 g/mol. The maximum Gasteiger partial charge on any atom is 0.251 e. The zero-order valence-electron chi connectivity index (χ0n) is 11.8. The van der Waals surface area contributed by atoms with E-state index in [4.69, 9.17) is 0 Å². The first-order valence-corrected chi connectivity index (χ1v) is 8.54. The summed E-state index contributed by atoms with van der Waals surface area (Å²) in [5.74, 6) is -0.172. The summed E-state index contributed by atoms with van der Waals surface area (Å²) in [5.41, 5.74) is 1.69. The van der Waals surface area contributed by atoms with Gasteiger partial charge >= 0.3 is 0 Å². The Hall–Kier alpha value is -1.40. The molecule has 20 heavy (non-hydrogen) atoms. The number of nitrogens with zero attached hydrogens (tertiary/aromatic N) is 1. The van der Waals surface area contributed by atoms with Gasteiger partial charge in [-0.05, 0) is 31.9 Å². The second kappa shape index (κ2) is 5.93. The third-order valence-corrected chi connectivity index (χ3v) is 4.64. The molecule has 0 unspecified atom stereocenters. The molecule has 1 N–H and O–H groups in total. The standard InChI is InChI=1S/C14H20N2O3S/c1-11-3-5-12(6-4-11)14(17)15-9-10-16(13-7-8-13)20(2,18)19/h3-6,13H,7-10H2,1-2H3,(H,15,17). The molecular formula is C14H20N2O3S. The van der Waals surface area contributed by atoms with Gasteiger partial charge < -0.3 is 5.32 Å². The molecule has 2 rings (SSSR count). The summed E-state index contributed by atoms with van der Waals surface area (Å²) in [4.78, 5) is 11.9. The van der Waals surface area contributed by atoms with Crippen molar-refractivity contribution in [1.29, 1.82) is 0 Å². The maximum absolute atomic E-state index is 11.9. The number of sulfonamides is 1. The molecule has 0 aromatic heterocycles. The van der Waals surface area contributed by atoms with Gasteiger partial charge in [0.15, 0.2) is 0 Å². The molecule has 0 radical (unpaired) electrons. The van der Waals surface area contributed by atoms with Crippen molar-refractivity contribution in [3.05, 3.63) is 35.4 Å². The maximum atomic E-state index is 11.9. The lowest BCUT2D eigenvalue weighted by Crippen LogP contribution is -2.39. The van der Waals surface area contributed by atoms with Crippen molar-refractivity contribution >= 4 is 15.9 Å². The van der Waals surface area contributed by atoms with E-state index in [9.17, 15) is 13.2 Å². The minimum absolute atomic E-state index is 0.126. The highest BCUT2D eigenvalue weighted by Gasteiger charge is 2.34. The van der Waals surface area contributed by atoms with Crippen molar-refractivity contribution in [3.63, 3.8) is 0 Å². The summed E-state index contributed by atoms with van der Waals surface area (Å²) in [7, 11) is -3.19. The molecule has 1 amide bonds. The Kier molecular flexibility index (Phi) is 4.45. The molecule has 1 aliphatic carbocycles. The minimum Gasteiger partial charge on any atom is -0.351 e. The molecule has 6 heteroatoms. The van der Waals surface area contributed by atoms with Gasteiger partial charge in [-0.25, -0.2) is 8.42 Å². The summed E-state index contributed by atoms with van der Waals surface area (Å²) in [5, 5.41) is 2.76. The lowest BCUT2D eigenvalue weighted by atomic mass is 10.1. The van der Waals surface area contributed by atoms with Gasteiger partial charge in [-0.15, -0.1) is 0 Å². The first-order chi connectivity index (χ1) is 9.38. The highest BCUT2D eigenvalue weighted by atomic mass is 32.2. The number of aryl methyl sites for hydroxylation is 1. The second-order valence-corrected chi connectivity index (χ2v) is 7.16. The van der Waals surface area contributed by atoms with E-state index in [1.807, 2.05) is 19.1 Å². The number of rotatable bonds is 6. The SMILES string of the molecule is Cc1ccc(C(=O)NCCN(C2CC2)S(C)(=O)=O)cc1. The number of carbonyl (C=O) groups is 1. The van der Waals surface area contributed by atoms with E-state index in [0.717, 1.165) is 18.4 Å². The summed E-state index contributed by atoms with van der Waals surface area (Å²) in [6.45, 7) is 2.62. The van der Waals surface area contributed by atoms with Crippen molar-refractivity contribution in [3.8, 4) is 0 Å². The van der Waals surface area contributed by atoms with Gasteiger partial charge in [-0.2, -0.15) is 4.31 Å². The summed E-state index contributed by atoms with van der Waals surface area (Å²) in [6, 6.07) is 7.41. The van der Waals surface area contributed by atoms with Gasteiger partial charge in [0.1, 0.15) is 0 Å². The van der Waals surface area contributed by atoms with Crippen LogP contribution in [0, 0.1) is 6.92 Å². The molecule has 0 atom stereocenters. The summed E-state index contributed by atoms with van der Waals surface area (Å²) in [6.07, 6.45) is 3.05. The lowest BCUT2D eigenvalue weighted by Gasteiger charge is -2.19. The average Bonchev–Trinajstić information content (AvgIpc) is 3.18. The average molecular weight is 296 g/mol. The van der Waals surface area contributed by atoms with Crippen LogP contribution in [0.15, 0.2) is 24.3 Å². The van der Waals surface area contributed by atoms with Gasteiger partial charge in [-0.1, -0.05) is 17.7 Å². The quantitative estimate of drug-likeness (QED) is 0.856. The van der Waals surface area contributed by atoms with Gasteiger partial charge in [-0.3, -0.25) is 4.79 Å². The molecule has 1 aromatic carbocycles. The molecule has 0 spiro atoms. The molecule has 1 aliphatic rings. The lowest BCUT2D eigenvalue weighted by molar-refractivity contribution is 0.0951. The van der Waals surface area contributed by atoms with E-state index in [2.05, 4.69) is 5.32 Å². The smallest absolute Gasteiger partial charge is 0.251 e. The monoisotopic (exact) mass is 296 g/mol. The van der Waals surface area contributed by atoms with Crippen LogP contribution in [0.5, 0.6) is 0 Å². The predicted molar refractivity (Wildman–Crippen MR) is 78.1 cm³/mol. The van der Waals surface area contributed by atoms with Crippen LogP contribution in [-0.2, 0) is 10.0 Å². The van der Waals surface area contributed by atoms with Crippen molar-refractivity contribution in [1.82, 2.24) is 9.62 Å². The van der Waals surface area contributed by atoms with Crippen LogP contribution in [0.2, 0.25) is 0 Å². The molecule has 1 aromatic rings. The zero-order chi connectivity index (χ0) is 14.8. The van der Waals surface area contributed by atoms with Gasteiger partial charge in [0.05, 0.1) is 6.26 Å². The normalized spacial score (nSPS) is 15.3. The van der Waals surface area contributed by atoms with Crippen LogP contribution in [0.3, 0.4) is 0 Å². The molecule has 0 saturated heterocycles. The van der Waals surface area contributed by atoms with Gasteiger partial charge in [0, 0.05) is 24.7 Å². The fourth-order valence-corrected chi connectivity index (χ4v) is 3.24. The van der Waals surface area contributed by atoms with E-state index >= 15 is 0 Å². The molecule has 5 nitrogen and oxygen atoms in total. The van der Waals surface area contributed by atoms with Crippen molar-refractivity contribution < 1.29 is 13.2 Å². The minimum atomic E-state index is -3.19. The van der Waals surface area contributed by atoms with E-state index in [1.54, 1.807) is 12.1 Å². The first-order valence-electron chi connectivity index (χ1n) is 6.69. The Bertz CT molecular complexity index is 577. The largest absolute Gasteiger partial charge is 0.351 e. The van der Waals surface area contributed by atoms with Crippen LogP contribution in [-0.4, -0.2) is 44.0 Å². The van der Waals surface area contributed by atoms with Crippen LogP contribution >= 0.6 is 0 Å². The van der Waals surface area contributed by atoms with Crippen LogP contribution < -0.4 is 5.32 Å². The first kappa shape index (κ1) is 15.0. The van der Waals surface area contributed by atoms with Crippen LogP contribution in [0.1, 0.15) is 28.8 Å². The molecule has 1 saturated carbocycles. The fraction of sp³-hybridized carbons (Fsp3) is 0.500. The second-order valence-electron chi connectivity index (χ2n) is 5.23. The number of benzene rings is 1. The third kappa shape index (κ3) is 4.05. The van der Waals surface area contributed by atoms with Crippen LogP contribution in [0.25, 0.3) is 0 Å². The van der Waals surface area contributed by atoms with Crippen molar-refractivity contribution in [2.45, 2.75) is 25.8 Å². The van der Waals surface area contributed by atoms with E-state index < -0.39 is 10.0 Å². The Morgan fingerprint density at radius 3 is 2.40 bits per heavy atom. The molecule has 0 aliphatic heterocycles. The van der Waals surface area contributed by atoms with E-state index in [0.29, 0.717) is 18.7 Å². The number of nitrogens with one attached hydrogen (secondary N) is 1. The number of hydrogen-bond donors (Lipinski definition) is 1. The van der Waals surface area contributed by atoms with Gasteiger partial charge in [0.2, 0.25) is 10.0 Å². The molecule has 0 heterocycles. The Morgan fingerprint density at radius 2 is 1.90 bits per heavy atom. The van der Waals surface area contributed by atoms with Crippen molar-refractivity contribution in [2.75, 3.05) is 19.3 Å². The Balaban J connectivity index is 1.86. The van der Waals surface area contributed by atoms with Crippen LogP contribution in [0.4, 0.5) is 0 Å². The molecule has 1 fully saturated rings. The number of amides is 1. The van der Waals surface area contributed by atoms with E-state index in [1.165, 1.54) is 10.6 Å². The number of hydrogen-bond acceptors (Lipinski definition) is 3. The highest BCUT2D eigenvalue weighted by Crippen LogP contribution is 2.28.